The molecular formula is C18H19ClN2O. The van der Waals surface area contributed by atoms with Gasteiger partial charge in [0.15, 0.2) is 0 Å². The molecule has 0 spiro atoms. The molecule has 1 aliphatic rings. The number of hydrogen-bond donors (Lipinski definition) is 1. The molecule has 0 radical (unpaired) electrons. The molecule has 0 bridgehead atoms. The van der Waals surface area contributed by atoms with E-state index in [1.54, 1.807) is 0 Å². The number of rotatable bonds is 2. The van der Waals surface area contributed by atoms with E-state index >= 15 is 0 Å². The monoisotopic (exact) mass is 314 g/mol. The van der Waals surface area contributed by atoms with Crippen LogP contribution < -0.4 is 5.32 Å². The molecular weight excluding hydrogens is 296 g/mol. The van der Waals surface area contributed by atoms with Gasteiger partial charge in [-0.2, -0.15) is 0 Å². The fraction of sp³-hybridized carbons (Fsp3) is 0.278. The fourth-order valence-electron chi connectivity index (χ4n) is 2.96. The van der Waals surface area contributed by atoms with Crippen molar-refractivity contribution < 1.29 is 4.79 Å². The smallest absolute Gasteiger partial charge is 0.317 e. The molecule has 0 unspecified atom stereocenters. The zero-order chi connectivity index (χ0) is 15.5. The van der Waals surface area contributed by atoms with Gasteiger partial charge in [0.2, 0.25) is 0 Å². The Morgan fingerprint density at radius 2 is 2.00 bits per heavy atom. The average molecular weight is 315 g/mol. The van der Waals surface area contributed by atoms with Crippen molar-refractivity contribution in [2.45, 2.75) is 25.8 Å². The molecule has 2 aromatic carbocycles. The molecule has 1 heterocycles. The van der Waals surface area contributed by atoms with Gasteiger partial charge in [-0.15, -0.1) is 0 Å². The van der Waals surface area contributed by atoms with Gasteiger partial charge in [-0.25, -0.2) is 4.79 Å². The van der Waals surface area contributed by atoms with Crippen LogP contribution >= 0.6 is 11.6 Å². The Hall–Kier alpha value is -2.00. The lowest BCUT2D eigenvalue weighted by atomic mass is 10.1. The van der Waals surface area contributed by atoms with Gasteiger partial charge >= 0.3 is 6.03 Å². The van der Waals surface area contributed by atoms with Crippen molar-refractivity contribution in [3.05, 3.63) is 64.7 Å². The number of carbonyl (C=O) groups is 1. The normalized spacial score (nSPS) is 17.5. The third kappa shape index (κ3) is 3.25. The summed E-state index contributed by atoms with van der Waals surface area (Å²) in [6, 6.07) is 15.7. The average Bonchev–Trinajstić information content (AvgIpc) is 2.97. The number of benzene rings is 2. The van der Waals surface area contributed by atoms with Crippen LogP contribution in [0.15, 0.2) is 48.5 Å². The van der Waals surface area contributed by atoms with Crippen molar-refractivity contribution in [2.24, 2.45) is 0 Å². The molecule has 0 aromatic heterocycles. The maximum atomic E-state index is 12.6. The van der Waals surface area contributed by atoms with Crippen LogP contribution in [0.4, 0.5) is 10.5 Å². The van der Waals surface area contributed by atoms with Crippen LogP contribution in [-0.4, -0.2) is 17.5 Å². The van der Waals surface area contributed by atoms with E-state index in [4.69, 9.17) is 11.6 Å². The molecule has 0 saturated carbocycles. The second kappa shape index (κ2) is 6.41. The number of aryl methyl sites for hydroxylation is 1. The molecule has 3 rings (SSSR count). The van der Waals surface area contributed by atoms with Crippen molar-refractivity contribution in [3.63, 3.8) is 0 Å². The summed E-state index contributed by atoms with van der Waals surface area (Å²) >= 11 is 5.95. The number of likely N-dealkylation sites (tertiary alicyclic amines) is 1. The minimum atomic E-state index is -0.0388. The van der Waals surface area contributed by atoms with Crippen LogP contribution in [0.25, 0.3) is 0 Å². The number of nitrogens with one attached hydrogen (secondary N) is 1. The van der Waals surface area contributed by atoms with Crippen LogP contribution in [-0.2, 0) is 0 Å². The first-order valence-electron chi connectivity index (χ1n) is 7.53. The lowest BCUT2D eigenvalue weighted by molar-refractivity contribution is 0.207. The summed E-state index contributed by atoms with van der Waals surface area (Å²) in [5.74, 6) is 0. The summed E-state index contributed by atoms with van der Waals surface area (Å²) in [5, 5.41) is 3.72. The van der Waals surface area contributed by atoms with Crippen molar-refractivity contribution >= 4 is 23.3 Å². The van der Waals surface area contributed by atoms with Crippen LogP contribution in [0.1, 0.15) is 30.0 Å². The molecule has 1 aliphatic heterocycles. The Kier molecular flexibility index (Phi) is 4.34. The summed E-state index contributed by atoms with van der Waals surface area (Å²) < 4.78 is 0. The minimum Gasteiger partial charge on any atom is -0.317 e. The van der Waals surface area contributed by atoms with Crippen LogP contribution in [0, 0.1) is 6.92 Å². The van der Waals surface area contributed by atoms with Gasteiger partial charge in [-0.1, -0.05) is 35.9 Å². The summed E-state index contributed by atoms with van der Waals surface area (Å²) in [6.45, 7) is 2.80. The van der Waals surface area contributed by atoms with Gasteiger partial charge in [0.25, 0.3) is 0 Å². The van der Waals surface area contributed by atoms with Gasteiger partial charge in [-0.05, 0) is 55.2 Å². The third-order valence-electron chi connectivity index (χ3n) is 4.04. The summed E-state index contributed by atoms with van der Waals surface area (Å²) in [6.07, 6.45) is 2.01. The standard InChI is InChI=1S/C18H19ClN2O/c1-13-4-2-5-16(12-13)20-18(22)21-11-3-6-17(21)14-7-9-15(19)10-8-14/h2,4-5,7-10,12,17H,3,6,11H2,1H3,(H,20,22)/t17-/m0/s1. The second-order valence-corrected chi connectivity index (χ2v) is 6.14. The summed E-state index contributed by atoms with van der Waals surface area (Å²) in [5.41, 5.74) is 3.11. The van der Waals surface area contributed by atoms with Gasteiger partial charge in [-0.3, -0.25) is 0 Å². The molecule has 22 heavy (non-hydrogen) atoms. The van der Waals surface area contributed by atoms with E-state index in [2.05, 4.69) is 5.32 Å². The highest BCUT2D eigenvalue weighted by Crippen LogP contribution is 2.32. The maximum absolute atomic E-state index is 12.6. The zero-order valence-corrected chi connectivity index (χ0v) is 13.3. The van der Waals surface area contributed by atoms with Crippen molar-refractivity contribution in [2.75, 3.05) is 11.9 Å². The first-order valence-corrected chi connectivity index (χ1v) is 7.91. The predicted octanol–water partition coefficient (Wildman–Crippen LogP) is 5.02. The van der Waals surface area contributed by atoms with E-state index in [0.29, 0.717) is 0 Å². The first-order chi connectivity index (χ1) is 10.6. The number of anilines is 1. The molecule has 2 amide bonds. The van der Waals surface area contributed by atoms with Gasteiger partial charge in [0.1, 0.15) is 0 Å². The van der Waals surface area contributed by atoms with Crippen molar-refractivity contribution in [1.29, 1.82) is 0 Å². The number of amides is 2. The van der Waals surface area contributed by atoms with Gasteiger partial charge < -0.3 is 10.2 Å². The van der Waals surface area contributed by atoms with Gasteiger partial charge in [0.05, 0.1) is 6.04 Å². The molecule has 1 fully saturated rings. The Morgan fingerprint density at radius 3 is 2.73 bits per heavy atom. The highest BCUT2D eigenvalue weighted by molar-refractivity contribution is 6.30. The molecule has 1 N–H and O–H groups in total. The molecule has 3 nitrogen and oxygen atoms in total. The first kappa shape index (κ1) is 14.9. The van der Waals surface area contributed by atoms with E-state index in [1.807, 2.05) is 60.4 Å². The van der Waals surface area contributed by atoms with E-state index < -0.39 is 0 Å². The van der Waals surface area contributed by atoms with E-state index in [0.717, 1.165) is 41.2 Å². The molecule has 0 aliphatic carbocycles. The predicted molar refractivity (Wildman–Crippen MR) is 90.3 cm³/mol. The van der Waals surface area contributed by atoms with E-state index in [1.165, 1.54) is 0 Å². The fourth-order valence-corrected chi connectivity index (χ4v) is 3.09. The Balaban J connectivity index is 1.75. The van der Waals surface area contributed by atoms with Crippen molar-refractivity contribution in [3.8, 4) is 0 Å². The topological polar surface area (TPSA) is 32.3 Å². The number of urea groups is 1. The Morgan fingerprint density at radius 1 is 1.23 bits per heavy atom. The molecule has 114 valence electrons. The number of carbonyl (C=O) groups excluding carboxylic acids is 1. The lowest BCUT2D eigenvalue weighted by Crippen LogP contribution is -2.34. The van der Waals surface area contributed by atoms with E-state index in [-0.39, 0.29) is 12.1 Å². The number of nitrogens with zero attached hydrogens (tertiary/aromatic N) is 1. The van der Waals surface area contributed by atoms with Crippen LogP contribution in [0.5, 0.6) is 0 Å². The largest absolute Gasteiger partial charge is 0.322 e. The maximum Gasteiger partial charge on any atom is 0.322 e. The highest BCUT2D eigenvalue weighted by atomic mass is 35.5. The van der Waals surface area contributed by atoms with E-state index in [9.17, 15) is 4.79 Å². The zero-order valence-electron chi connectivity index (χ0n) is 12.6. The highest BCUT2D eigenvalue weighted by Gasteiger charge is 2.29. The quantitative estimate of drug-likeness (QED) is 0.829. The lowest BCUT2D eigenvalue weighted by Gasteiger charge is -2.25. The Bertz CT molecular complexity index is 669. The van der Waals surface area contributed by atoms with Gasteiger partial charge in [0, 0.05) is 17.3 Å². The molecule has 4 heteroatoms. The molecule has 2 aromatic rings. The minimum absolute atomic E-state index is 0.0388. The number of hydrogen-bond acceptors (Lipinski definition) is 1. The summed E-state index contributed by atoms with van der Waals surface area (Å²) in [7, 11) is 0. The summed E-state index contributed by atoms with van der Waals surface area (Å²) in [4.78, 5) is 14.5. The van der Waals surface area contributed by atoms with Crippen molar-refractivity contribution in [1.82, 2.24) is 4.90 Å². The van der Waals surface area contributed by atoms with Crippen LogP contribution in [0.3, 0.4) is 0 Å². The SMILES string of the molecule is Cc1cccc(NC(=O)N2CCC[C@H]2c2ccc(Cl)cc2)c1. The van der Waals surface area contributed by atoms with Crippen LogP contribution in [0.2, 0.25) is 5.02 Å². The third-order valence-corrected chi connectivity index (χ3v) is 4.29. The molecule has 1 saturated heterocycles. The Labute approximate surface area is 135 Å². The number of halogens is 1. The second-order valence-electron chi connectivity index (χ2n) is 5.70. The molecule has 1 atom stereocenters.